The smallest absolute Gasteiger partial charge is 0.406 e. The Balaban J connectivity index is 2.45. The number of rotatable bonds is 3. The summed E-state index contributed by atoms with van der Waals surface area (Å²) in [5, 5.41) is 0. The summed E-state index contributed by atoms with van der Waals surface area (Å²) < 4.78 is 40.9. The van der Waals surface area contributed by atoms with E-state index in [1.807, 2.05) is 31.2 Å². The van der Waals surface area contributed by atoms with Crippen molar-refractivity contribution < 1.29 is 17.9 Å². The van der Waals surface area contributed by atoms with E-state index < -0.39 is 6.36 Å². The third kappa shape index (κ3) is 3.74. The van der Waals surface area contributed by atoms with Gasteiger partial charge >= 0.3 is 6.36 Å². The summed E-state index contributed by atoms with van der Waals surface area (Å²) in [6.07, 6.45) is -4.71. The van der Waals surface area contributed by atoms with Crippen molar-refractivity contribution in [3.05, 3.63) is 53.6 Å². The van der Waals surface area contributed by atoms with Gasteiger partial charge in [0.05, 0.1) is 0 Å². The number of hydrogen-bond donors (Lipinski definition) is 1. The number of hydrogen-bond acceptors (Lipinski definition) is 2. The Morgan fingerprint density at radius 2 is 1.80 bits per heavy atom. The van der Waals surface area contributed by atoms with Crippen LogP contribution in [0.15, 0.2) is 42.5 Å². The number of halogens is 3. The fourth-order valence-corrected chi connectivity index (χ4v) is 1.96. The van der Waals surface area contributed by atoms with Gasteiger partial charge in [-0.2, -0.15) is 0 Å². The van der Waals surface area contributed by atoms with Crippen LogP contribution in [0.3, 0.4) is 0 Å². The summed E-state index contributed by atoms with van der Waals surface area (Å²) in [5.41, 5.74) is 8.61. The summed E-state index contributed by atoms with van der Waals surface area (Å²) >= 11 is 0. The van der Waals surface area contributed by atoms with Crippen molar-refractivity contribution in [3.63, 3.8) is 0 Å². The Hall–Kier alpha value is -2.01. The molecule has 0 aromatic heterocycles. The van der Waals surface area contributed by atoms with Crippen molar-refractivity contribution in [1.82, 2.24) is 0 Å². The van der Waals surface area contributed by atoms with E-state index in [2.05, 4.69) is 4.74 Å². The van der Waals surface area contributed by atoms with Crippen LogP contribution in [0, 0.1) is 6.92 Å². The maximum atomic E-state index is 12.3. The third-order valence-corrected chi connectivity index (χ3v) is 2.79. The number of aryl methyl sites for hydroxylation is 1. The average molecular weight is 281 g/mol. The van der Waals surface area contributed by atoms with Crippen molar-refractivity contribution in [1.29, 1.82) is 0 Å². The standard InChI is InChI=1S/C15H14F3NO/c1-10-3-2-4-12(5-10)13-6-11(9-19)7-14(8-13)20-15(16,17)18/h2-8H,9,19H2,1H3. The number of ether oxygens (including phenoxy) is 1. The first-order valence-electron chi connectivity index (χ1n) is 6.04. The van der Waals surface area contributed by atoms with Gasteiger partial charge in [0, 0.05) is 6.54 Å². The molecule has 0 atom stereocenters. The predicted molar refractivity (Wildman–Crippen MR) is 71.2 cm³/mol. The van der Waals surface area contributed by atoms with E-state index in [-0.39, 0.29) is 12.3 Å². The molecule has 0 aliphatic heterocycles. The molecule has 0 saturated heterocycles. The minimum Gasteiger partial charge on any atom is -0.406 e. The quantitative estimate of drug-likeness (QED) is 0.922. The minimum absolute atomic E-state index is 0.147. The zero-order valence-electron chi connectivity index (χ0n) is 10.9. The summed E-state index contributed by atoms with van der Waals surface area (Å²) in [4.78, 5) is 0. The van der Waals surface area contributed by atoms with Crippen LogP contribution in [0.4, 0.5) is 13.2 Å². The molecule has 0 saturated carbocycles. The second-order valence-electron chi connectivity index (χ2n) is 4.49. The summed E-state index contributed by atoms with van der Waals surface area (Å²) in [5.74, 6) is -0.253. The summed E-state index contributed by atoms with van der Waals surface area (Å²) in [6.45, 7) is 2.07. The highest BCUT2D eigenvalue weighted by Crippen LogP contribution is 2.30. The average Bonchev–Trinajstić information content (AvgIpc) is 2.36. The molecule has 5 heteroatoms. The maximum absolute atomic E-state index is 12.3. The summed E-state index contributed by atoms with van der Waals surface area (Å²) in [6, 6.07) is 11.9. The van der Waals surface area contributed by atoms with Gasteiger partial charge in [-0.05, 0) is 41.8 Å². The van der Waals surface area contributed by atoms with Crippen LogP contribution < -0.4 is 10.5 Å². The maximum Gasteiger partial charge on any atom is 0.573 e. The van der Waals surface area contributed by atoms with E-state index in [4.69, 9.17) is 5.73 Å². The zero-order chi connectivity index (χ0) is 14.8. The van der Waals surface area contributed by atoms with E-state index in [9.17, 15) is 13.2 Å². The lowest BCUT2D eigenvalue weighted by Crippen LogP contribution is -2.17. The second-order valence-corrected chi connectivity index (χ2v) is 4.49. The molecular formula is C15H14F3NO. The van der Waals surface area contributed by atoms with E-state index in [1.165, 1.54) is 12.1 Å². The molecule has 2 aromatic carbocycles. The van der Waals surface area contributed by atoms with E-state index in [0.29, 0.717) is 11.1 Å². The van der Waals surface area contributed by atoms with E-state index >= 15 is 0 Å². The normalized spacial score (nSPS) is 11.4. The minimum atomic E-state index is -4.71. The Kier molecular flexibility index (Phi) is 3.99. The monoisotopic (exact) mass is 281 g/mol. The van der Waals surface area contributed by atoms with Gasteiger partial charge in [-0.15, -0.1) is 13.2 Å². The van der Waals surface area contributed by atoms with Crippen LogP contribution >= 0.6 is 0 Å². The molecule has 106 valence electrons. The number of nitrogens with two attached hydrogens (primary N) is 1. The third-order valence-electron chi connectivity index (χ3n) is 2.79. The van der Waals surface area contributed by atoms with Gasteiger partial charge in [-0.3, -0.25) is 0 Å². The fraction of sp³-hybridized carbons (Fsp3) is 0.200. The lowest BCUT2D eigenvalue weighted by Gasteiger charge is -2.12. The van der Waals surface area contributed by atoms with Crippen LogP contribution in [0.25, 0.3) is 11.1 Å². The van der Waals surface area contributed by atoms with Gasteiger partial charge in [0.1, 0.15) is 5.75 Å². The van der Waals surface area contributed by atoms with Crippen LogP contribution in [-0.4, -0.2) is 6.36 Å². The van der Waals surface area contributed by atoms with Crippen molar-refractivity contribution >= 4 is 0 Å². The zero-order valence-corrected chi connectivity index (χ0v) is 10.9. The molecule has 0 amide bonds. The van der Waals surface area contributed by atoms with Gasteiger partial charge in [0.15, 0.2) is 0 Å². The molecule has 0 aliphatic carbocycles. The highest BCUT2D eigenvalue weighted by molar-refractivity contribution is 5.66. The topological polar surface area (TPSA) is 35.2 Å². The van der Waals surface area contributed by atoms with Crippen molar-refractivity contribution in [3.8, 4) is 16.9 Å². The molecule has 0 bridgehead atoms. The lowest BCUT2D eigenvalue weighted by molar-refractivity contribution is -0.274. The first-order chi connectivity index (χ1) is 9.37. The van der Waals surface area contributed by atoms with Crippen LogP contribution in [-0.2, 0) is 6.54 Å². The Morgan fingerprint density at radius 3 is 2.40 bits per heavy atom. The Labute approximate surface area is 115 Å². The largest absolute Gasteiger partial charge is 0.573 e. The van der Waals surface area contributed by atoms with Crippen LogP contribution in [0.5, 0.6) is 5.75 Å². The van der Waals surface area contributed by atoms with Crippen molar-refractivity contribution in [2.45, 2.75) is 19.8 Å². The molecule has 2 nitrogen and oxygen atoms in total. The van der Waals surface area contributed by atoms with Crippen LogP contribution in [0.2, 0.25) is 0 Å². The molecule has 2 aromatic rings. The van der Waals surface area contributed by atoms with Gasteiger partial charge in [-0.25, -0.2) is 0 Å². The molecular weight excluding hydrogens is 267 g/mol. The second kappa shape index (κ2) is 5.54. The van der Waals surface area contributed by atoms with E-state index in [0.717, 1.165) is 11.1 Å². The SMILES string of the molecule is Cc1cccc(-c2cc(CN)cc(OC(F)(F)F)c2)c1. The fourth-order valence-electron chi connectivity index (χ4n) is 1.96. The number of alkyl halides is 3. The molecule has 20 heavy (non-hydrogen) atoms. The molecule has 0 unspecified atom stereocenters. The highest BCUT2D eigenvalue weighted by atomic mass is 19.4. The number of benzene rings is 2. The van der Waals surface area contributed by atoms with Gasteiger partial charge in [-0.1, -0.05) is 29.8 Å². The predicted octanol–water partition coefficient (Wildman–Crippen LogP) is 4.02. The Bertz CT molecular complexity index is 608. The first-order valence-corrected chi connectivity index (χ1v) is 6.04. The lowest BCUT2D eigenvalue weighted by atomic mass is 10.0. The summed E-state index contributed by atoms with van der Waals surface area (Å²) in [7, 11) is 0. The Morgan fingerprint density at radius 1 is 1.05 bits per heavy atom. The van der Waals surface area contributed by atoms with E-state index in [1.54, 1.807) is 6.07 Å². The molecule has 0 radical (unpaired) electrons. The van der Waals surface area contributed by atoms with Gasteiger partial charge in [0.2, 0.25) is 0 Å². The molecule has 0 heterocycles. The highest BCUT2D eigenvalue weighted by Gasteiger charge is 2.31. The first kappa shape index (κ1) is 14.4. The van der Waals surface area contributed by atoms with Gasteiger partial charge < -0.3 is 10.5 Å². The van der Waals surface area contributed by atoms with Crippen molar-refractivity contribution in [2.75, 3.05) is 0 Å². The van der Waals surface area contributed by atoms with Crippen LogP contribution in [0.1, 0.15) is 11.1 Å². The molecule has 2 N–H and O–H groups in total. The van der Waals surface area contributed by atoms with Crippen molar-refractivity contribution in [2.24, 2.45) is 5.73 Å². The molecule has 0 fully saturated rings. The van der Waals surface area contributed by atoms with Gasteiger partial charge in [0.25, 0.3) is 0 Å². The molecule has 0 spiro atoms. The molecule has 0 aliphatic rings. The molecule has 2 rings (SSSR count).